The first-order valence-electron chi connectivity index (χ1n) is 4.85. The van der Waals surface area contributed by atoms with E-state index < -0.39 is 10.0 Å². The van der Waals surface area contributed by atoms with Crippen molar-refractivity contribution in [1.82, 2.24) is 4.72 Å². The molecule has 0 amide bonds. The van der Waals surface area contributed by atoms with Crippen LogP contribution in [0.25, 0.3) is 0 Å². The van der Waals surface area contributed by atoms with Crippen LogP contribution in [-0.4, -0.2) is 21.0 Å². The first kappa shape index (κ1) is 13.6. The molecule has 0 aromatic heterocycles. The van der Waals surface area contributed by atoms with E-state index in [4.69, 9.17) is 5.73 Å². The molecule has 6 heteroatoms. The van der Waals surface area contributed by atoms with E-state index in [9.17, 15) is 8.42 Å². The lowest BCUT2D eigenvalue weighted by Crippen LogP contribution is -2.37. The van der Waals surface area contributed by atoms with Crippen molar-refractivity contribution in [3.05, 3.63) is 28.2 Å². The van der Waals surface area contributed by atoms with Gasteiger partial charge in [-0.05, 0) is 47.5 Å². The van der Waals surface area contributed by atoms with Gasteiger partial charge in [0.15, 0.2) is 0 Å². The van der Waals surface area contributed by atoms with Crippen molar-refractivity contribution >= 4 is 26.0 Å². The first-order valence-corrected chi connectivity index (χ1v) is 7.13. The van der Waals surface area contributed by atoms with Crippen LogP contribution in [-0.2, 0) is 10.0 Å². The van der Waals surface area contributed by atoms with Gasteiger partial charge in [0.1, 0.15) is 0 Å². The quantitative estimate of drug-likeness (QED) is 0.883. The summed E-state index contributed by atoms with van der Waals surface area (Å²) >= 11 is 3.24. The molecule has 0 radical (unpaired) electrons. The van der Waals surface area contributed by atoms with Crippen molar-refractivity contribution < 1.29 is 8.42 Å². The fraction of sp³-hybridized carbons (Fsp3) is 0.400. The number of nitrogens with one attached hydrogen (secondary N) is 1. The molecule has 1 atom stereocenters. The van der Waals surface area contributed by atoms with Crippen molar-refractivity contribution in [1.29, 1.82) is 0 Å². The van der Waals surface area contributed by atoms with Crippen molar-refractivity contribution in [2.45, 2.75) is 24.8 Å². The Morgan fingerprint density at radius 3 is 2.62 bits per heavy atom. The van der Waals surface area contributed by atoms with E-state index in [1.165, 1.54) is 0 Å². The molecule has 1 rings (SSSR count). The maximum Gasteiger partial charge on any atom is 0.241 e. The highest BCUT2D eigenvalue weighted by atomic mass is 79.9. The summed E-state index contributed by atoms with van der Waals surface area (Å²) in [7, 11) is -3.50. The molecule has 1 aromatic carbocycles. The molecule has 1 aromatic rings. The minimum absolute atomic E-state index is 0.235. The Morgan fingerprint density at radius 1 is 1.50 bits per heavy atom. The van der Waals surface area contributed by atoms with Gasteiger partial charge >= 0.3 is 0 Å². The number of hydrogen-bond donors (Lipinski definition) is 2. The highest BCUT2D eigenvalue weighted by Crippen LogP contribution is 2.22. The van der Waals surface area contributed by atoms with Crippen molar-refractivity contribution in [2.75, 3.05) is 6.54 Å². The average Bonchev–Trinajstić information content (AvgIpc) is 2.16. The topological polar surface area (TPSA) is 72.2 Å². The van der Waals surface area contributed by atoms with E-state index in [0.29, 0.717) is 4.47 Å². The van der Waals surface area contributed by atoms with Gasteiger partial charge in [-0.2, -0.15) is 0 Å². The predicted molar refractivity (Wildman–Crippen MR) is 67.7 cm³/mol. The smallest absolute Gasteiger partial charge is 0.241 e. The molecular weight excluding hydrogens is 292 g/mol. The summed E-state index contributed by atoms with van der Waals surface area (Å²) in [4.78, 5) is 0.235. The third-order valence-corrected chi connectivity index (χ3v) is 4.65. The second-order valence-electron chi connectivity index (χ2n) is 3.69. The Kier molecular flexibility index (Phi) is 4.49. The largest absolute Gasteiger partial charge is 0.329 e. The number of halogens is 1. The minimum Gasteiger partial charge on any atom is -0.329 e. The van der Waals surface area contributed by atoms with Crippen LogP contribution in [0.4, 0.5) is 0 Å². The summed E-state index contributed by atoms with van der Waals surface area (Å²) in [5.41, 5.74) is 6.38. The zero-order valence-electron chi connectivity index (χ0n) is 9.20. The summed E-state index contributed by atoms with van der Waals surface area (Å²) in [5, 5.41) is 0. The SMILES string of the molecule is Cc1ccc(S(=O)(=O)NC(C)CN)c(Br)c1. The lowest BCUT2D eigenvalue weighted by molar-refractivity contribution is 0.562. The Hall–Kier alpha value is -0.430. The predicted octanol–water partition coefficient (Wildman–Crippen LogP) is 1.38. The van der Waals surface area contributed by atoms with Gasteiger partial charge in [-0.15, -0.1) is 0 Å². The number of aryl methyl sites for hydroxylation is 1. The van der Waals surface area contributed by atoms with Crippen LogP contribution in [0.2, 0.25) is 0 Å². The molecule has 0 saturated heterocycles. The number of hydrogen-bond acceptors (Lipinski definition) is 3. The average molecular weight is 307 g/mol. The summed E-state index contributed by atoms with van der Waals surface area (Å²) < 4.78 is 26.9. The van der Waals surface area contributed by atoms with Crippen molar-refractivity contribution in [3.8, 4) is 0 Å². The second-order valence-corrected chi connectivity index (χ2v) is 6.23. The first-order chi connectivity index (χ1) is 7.36. The lowest BCUT2D eigenvalue weighted by atomic mass is 10.2. The van der Waals surface area contributed by atoms with Crippen LogP contribution in [0, 0.1) is 6.92 Å². The Labute approximate surface area is 104 Å². The Balaban J connectivity index is 3.08. The standard InChI is InChI=1S/C10H15BrN2O2S/c1-7-3-4-10(9(11)5-7)16(14,15)13-8(2)6-12/h3-5,8,13H,6,12H2,1-2H3. The third kappa shape index (κ3) is 3.28. The minimum atomic E-state index is -3.50. The molecule has 0 aliphatic rings. The van der Waals surface area contributed by atoms with E-state index >= 15 is 0 Å². The van der Waals surface area contributed by atoms with Gasteiger partial charge in [0, 0.05) is 17.1 Å². The Bertz CT molecular complexity index is 474. The fourth-order valence-corrected chi connectivity index (χ4v) is 3.65. The number of benzene rings is 1. The van der Waals surface area contributed by atoms with Gasteiger partial charge in [0.05, 0.1) is 4.90 Å². The highest BCUT2D eigenvalue weighted by molar-refractivity contribution is 9.10. The van der Waals surface area contributed by atoms with E-state index in [2.05, 4.69) is 20.7 Å². The number of nitrogens with two attached hydrogens (primary N) is 1. The Morgan fingerprint density at radius 2 is 2.12 bits per heavy atom. The van der Waals surface area contributed by atoms with Crippen molar-refractivity contribution in [3.63, 3.8) is 0 Å². The van der Waals surface area contributed by atoms with Crippen molar-refractivity contribution in [2.24, 2.45) is 5.73 Å². The van der Waals surface area contributed by atoms with Crippen LogP contribution in [0.5, 0.6) is 0 Å². The molecule has 1 unspecified atom stereocenters. The molecule has 4 nitrogen and oxygen atoms in total. The summed E-state index contributed by atoms with van der Waals surface area (Å²) in [6.45, 7) is 3.89. The molecule has 0 saturated carbocycles. The van der Waals surface area contributed by atoms with Gasteiger partial charge in [-0.3, -0.25) is 0 Å². The van der Waals surface area contributed by atoms with Crippen LogP contribution >= 0.6 is 15.9 Å². The molecule has 0 aliphatic carbocycles. The van der Waals surface area contributed by atoms with Gasteiger partial charge in [0.2, 0.25) is 10.0 Å². The molecule has 16 heavy (non-hydrogen) atoms. The monoisotopic (exact) mass is 306 g/mol. The van der Waals surface area contributed by atoms with Gasteiger partial charge in [-0.1, -0.05) is 6.07 Å². The number of sulfonamides is 1. The third-order valence-electron chi connectivity index (χ3n) is 2.09. The van der Waals surface area contributed by atoms with E-state index in [0.717, 1.165) is 5.56 Å². The van der Waals surface area contributed by atoms with Gasteiger partial charge in [-0.25, -0.2) is 13.1 Å². The van der Waals surface area contributed by atoms with Crippen LogP contribution in [0.3, 0.4) is 0 Å². The molecule has 90 valence electrons. The summed E-state index contributed by atoms with van der Waals surface area (Å²) in [5.74, 6) is 0. The molecule has 0 bridgehead atoms. The lowest BCUT2D eigenvalue weighted by Gasteiger charge is -2.13. The van der Waals surface area contributed by atoms with E-state index in [1.54, 1.807) is 25.1 Å². The van der Waals surface area contributed by atoms with Gasteiger partial charge < -0.3 is 5.73 Å². The maximum atomic E-state index is 11.9. The highest BCUT2D eigenvalue weighted by Gasteiger charge is 2.19. The van der Waals surface area contributed by atoms with E-state index in [-0.39, 0.29) is 17.5 Å². The van der Waals surface area contributed by atoms with Crippen LogP contribution in [0.1, 0.15) is 12.5 Å². The maximum absolute atomic E-state index is 11.9. The zero-order valence-corrected chi connectivity index (χ0v) is 11.6. The summed E-state index contributed by atoms with van der Waals surface area (Å²) in [6, 6.07) is 4.82. The van der Waals surface area contributed by atoms with Gasteiger partial charge in [0.25, 0.3) is 0 Å². The molecule has 0 spiro atoms. The van der Waals surface area contributed by atoms with E-state index in [1.807, 2.05) is 6.92 Å². The summed E-state index contributed by atoms with van der Waals surface area (Å²) in [6.07, 6.45) is 0. The molecule has 3 N–H and O–H groups in total. The normalized spacial score (nSPS) is 13.8. The zero-order chi connectivity index (χ0) is 12.3. The van der Waals surface area contributed by atoms with Crippen LogP contribution < -0.4 is 10.5 Å². The molecule has 0 heterocycles. The fourth-order valence-electron chi connectivity index (χ4n) is 1.20. The molecule has 0 fully saturated rings. The molecule has 0 aliphatic heterocycles. The molecular formula is C10H15BrN2O2S. The second kappa shape index (κ2) is 5.27. The van der Waals surface area contributed by atoms with Crippen LogP contribution in [0.15, 0.2) is 27.6 Å². The number of rotatable bonds is 4.